The van der Waals surface area contributed by atoms with Crippen molar-refractivity contribution in [3.05, 3.63) is 84.0 Å². The lowest BCUT2D eigenvalue weighted by atomic mass is 9.88. The molecule has 3 atom stereocenters. The zero-order valence-corrected chi connectivity index (χ0v) is 21.0. The number of fused-ring (bicyclic) bond motifs is 1. The van der Waals surface area contributed by atoms with Crippen LogP contribution in [-0.2, 0) is 23.9 Å². The van der Waals surface area contributed by atoms with E-state index >= 15 is 0 Å². The molecule has 0 aromatic heterocycles. The lowest BCUT2D eigenvalue weighted by molar-refractivity contribution is -0.121. The van der Waals surface area contributed by atoms with E-state index in [4.69, 9.17) is 4.74 Å². The second kappa shape index (κ2) is 12.1. The summed E-state index contributed by atoms with van der Waals surface area (Å²) in [6.45, 7) is 0. The molecule has 4 N–H and O–H groups in total. The first-order chi connectivity index (χ1) is 18.3. The van der Waals surface area contributed by atoms with Gasteiger partial charge in [0.15, 0.2) is 11.9 Å². The number of carbonyl (C=O) groups is 4. The molecule has 38 heavy (non-hydrogen) atoms. The van der Waals surface area contributed by atoms with Crippen molar-refractivity contribution in [2.75, 3.05) is 0 Å². The highest BCUT2D eigenvalue weighted by Gasteiger charge is 2.59. The number of ether oxygens (including phenoxy) is 1. The minimum atomic E-state index is -1.59. The van der Waals surface area contributed by atoms with Gasteiger partial charge in [0.1, 0.15) is 23.2 Å². The molecular weight excluding hydrogens is 488 g/mol. The van der Waals surface area contributed by atoms with Crippen LogP contribution in [0.1, 0.15) is 44.9 Å². The minimum absolute atomic E-state index is 0.0265. The Morgan fingerprint density at radius 2 is 1.61 bits per heavy atom. The summed E-state index contributed by atoms with van der Waals surface area (Å²) in [5, 5.41) is 25.5. The molecule has 0 aromatic carbocycles. The van der Waals surface area contributed by atoms with E-state index in [1.54, 1.807) is 12.2 Å². The first-order valence-corrected chi connectivity index (χ1v) is 12.9. The van der Waals surface area contributed by atoms with Crippen LogP contribution in [0.15, 0.2) is 84.0 Å². The number of aliphatic hydroxyl groups excluding tert-OH is 1. The number of hydrogen-bond donors (Lipinski definition) is 4. The van der Waals surface area contributed by atoms with E-state index in [9.17, 15) is 29.4 Å². The molecule has 1 saturated heterocycles. The second-order valence-corrected chi connectivity index (χ2v) is 9.76. The largest absolute Gasteiger partial charge is 0.510 e. The van der Waals surface area contributed by atoms with E-state index in [1.165, 1.54) is 74.6 Å². The van der Waals surface area contributed by atoms with Crippen molar-refractivity contribution in [1.29, 1.82) is 0 Å². The zero-order chi connectivity index (χ0) is 27.1. The van der Waals surface area contributed by atoms with Crippen LogP contribution >= 0.6 is 0 Å². The van der Waals surface area contributed by atoms with Crippen LogP contribution in [0.2, 0.25) is 0 Å². The number of Topliss-reactive ketones (excluding diaryl/α,β-unsaturated/α-hetero) is 2. The van der Waals surface area contributed by atoms with Crippen molar-refractivity contribution < 1.29 is 34.1 Å². The highest BCUT2D eigenvalue weighted by molar-refractivity contribution is 6.06. The van der Waals surface area contributed by atoms with Crippen molar-refractivity contribution in [3.63, 3.8) is 0 Å². The fourth-order valence-electron chi connectivity index (χ4n) is 4.74. The summed E-state index contributed by atoms with van der Waals surface area (Å²) in [4.78, 5) is 48.3. The van der Waals surface area contributed by atoms with Gasteiger partial charge in [0.2, 0.25) is 17.6 Å². The Morgan fingerprint density at radius 3 is 2.32 bits per heavy atom. The molecular formula is C29H32N2O7. The molecule has 9 nitrogen and oxygen atoms in total. The van der Waals surface area contributed by atoms with Gasteiger partial charge in [0.25, 0.3) is 0 Å². The fourth-order valence-corrected chi connectivity index (χ4v) is 4.74. The van der Waals surface area contributed by atoms with Crippen LogP contribution in [0, 0.1) is 5.92 Å². The number of epoxide rings is 1. The predicted molar refractivity (Wildman–Crippen MR) is 139 cm³/mol. The molecule has 0 radical (unpaired) electrons. The number of amides is 2. The average molecular weight is 521 g/mol. The highest BCUT2D eigenvalue weighted by Crippen LogP contribution is 2.40. The Morgan fingerprint density at radius 1 is 0.921 bits per heavy atom. The quantitative estimate of drug-likeness (QED) is 0.208. The lowest BCUT2D eigenvalue weighted by Gasteiger charge is -2.23. The molecule has 1 aliphatic heterocycles. The van der Waals surface area contributed by atoms with Gasteiger partial charge in [-0.1, -0.05) is 61.8 Å². The van der Waals surface area contributed by atoms with E-state index in [0.717, 1.165) is 0 Å². The maximum Gasteiger partial charge on any atom is 0.248 e. The molecule has 0 spiro atoms. The third-order valence-electron chi connectivity index (χ3n) is 6.85. The molecule has 1 heterocycles. The summed E-state index contributed by atoms with van der Waals surface area (Å²) in [7, 11) is 0. The van der Waals surface area contributed by atoms with Crippen LogP contribution in [-0.4, -0.2) is 51.4 Å². The van der Waals surface area contributed by atoms with Crippen LogP contribution in [0.3, 0.4) is 0 Å². The van der Waals surface area contributed by atoms with Crippen molar-refractivity contribution in [2.24, 2.45) is 5.92 Å². The average Bonchev–Trinajstić information content (AvgIpc) is 3.66. The Kier molecular flexibility index (Phi) is 8.70. The van der Waals surface area contributed by atoms with Crippen LogP contribution < -0.4 is 10.6 Å². The van der Waals surface area contributed by atoms with E-state index < -0.39 is 29.6 Å². The van der Waals surface area contributed by atoms with Crippen molar-refractivity contribution in [1.82, 2.24) is 10.6 Å². The lowest BCUT2D eigenvalue weighted by Crippen LogP contribution is -2.42. The van der Waals surface area contributed by atoms with Gasteiger partial charge >= 0.3 is 0 Å². The van der Waals surface area contributed by atoms with Gasteiger partial charge in [-0.05, 0) is 30.9 Å². The Balaban J connectivity index is 1.30. The van der Waals surface area contributed by atoms with E-state index in [-0.39, 0.29) is 41.6 Å². The maximum atomic E-state index is 12.5. The second-order valence-electron chi connectivity index (χ2n) is 9.76. The molecule has 3 aliphatic carbocycles. The number of ketones is 2. The number of nitrogens with one attached hydrogen (secondary N) is 2. The molecule has 4 rings (SSSR count). The third-order valence-corrected chi connectivity index (χ3v) is 6.85. The summed E-state index contributed by atoms with van der Waals surface area (Å²) < 4.78 is 5.35. The molecule has 1 saturated carbocycles. The van der Waals surface area contributed by atoms with Crippen LogP contribution in [0.25, 0.3) is 0 Å². The van der Waals surface area contributed by atoms with E-state index in [2.05, 4.69) is 16.7 Å². The molecule has 0 aromatic rings. The van der Waals surface area contributed by atoms with Gasteiger partial charge in [-0.15, -0.1) is 0 Å². The SMILES string of the molecule is O=C(C=CC=CC1CCCCC1)NC1=CC(O)(C=CC=CC=CC(=O)NC2=C(O)CCC2=O)C2OC2C1=O. The molecule has 200 valence electrons. The number of hydrogen-bond acceptors (Lipinski definition) is 7. The van der Waals surface area contributed by atoms with Gasteiger partial charge in [-0.3, -0.25) is 19.2 Å². The smallest absolute Gasteiger partial charge is 0.248 e. The Labute approximate surface area is 221 Å². The van der Waals surface area contributed by atoms with Crippen molar-refractivity contribution in [2.45, 2.75) is 62.8 Å². The minimum Gasteiger partial charge on any atom is -0.510 e. The van der Waals surface area contributed by atoms with E-state index in [0.29, 0.717) is 5.92 Å². The fraction of sp³-hybridized carbons (Fsp3) is 0.379. The number of aliphatic hydroxyl groups is 2. The van der Waals surface area contributed by atoms with Crippen LogP contribution in [0.5, 0.6) is 0 Å². The Hall–Kier alpha value is -3.82. The summed E-state index contributed by atoms with van der Waals surface area (Å²) in [5.74, 6) is -1.32. The molecule has 0 bridgehead atoms. The van der Waals surface area contributed by atoms with Crippen molar-refractivity contribution >= 4 is 23.4 Å². The van der Waals surface area contributed by atoms with Gasteiger partial charge < -0.3 is 25.6 Å². The van der Waals surface area contributed by atoms with E-state index in [1.807, 2.05) is 6.08 Å². The summed E-state index contributed by atoms with van der Waals surface area (Å²) in [6.07, 6.45) is 21.8. The standard InChI is InChI=1S/C29H32N2O7/c32-21-15-16-22(33)25(21)31-24(35)13-6-1-2-9-17-29(37)18-20(26(36)27-28(29)38-27)30-23(34)14-8-7-12-19-10-4-3-5-11-19/h1-2,6-9,12-14,17-19,27-28,32,37H,3-5,10-11,15-16H2,(H,30,34)(H,31,35). The zero-order valence-electron chi connectivity index (χ0n) is 21.0. The molecule has 2 fully saturated rings. The van der Waals surface area contributed by atoms with Gasteiger partial charge in [0, 0.05) is 25.0 Å². The monoisotopic (exact) mass is 520 g/mol. The number of rotatable bonds is 9. The number of allylic oxidation sites excluding steroid dienone is 9. The molecule has 3 unspecified atom stereocenters. The highest BCUT2D eigenvalue weighted by atomic mass is 16.6. The number of carbonyl (C=O) groups excluding carboxylic acids is 4. The molecule has 2 amide bonds. The molecule has 4 aliphatic rings. The summed E-state index contributed by atoms with van der Waals surface area (Å²) in [6, 6.07) is 0. The maximum absolute atomic E-state index is 12.5. The van der Waals surface area contributed by atoms with Gasteiger partial charge in [-0.2, -0.15) is 0 Å². The Bertz CT molecular complexity index is 1200. The first kappa shape index (κ1) is 27.2. The summed E-state index contributed by atoms with van der Waals surface area (Å²) >= 11 is 0. The predicted octanol–water partition coefficient (Wildman–Crippen LogP) is 2.68. The topological polar surface area (TPSA) is 145 Å². The first-order valence-electron chi connectivity index (χ1n) is 12.9. The summed E-state index contributed by atoms with van der Waals surface area (Å²) in [5.41, 5.74) is -1.69. The molecule has 9 heteroatoms. The van der Waals surface area contributed by atoms with Gasteiger partial charge in [-0.25, -0.2) is 0 Å². The van der Waals surface area contributed by atoms with Gasteiger partial charge in [0.05, 0.1) is 5.70 Å². The van der Waals surface area contributed by atoms with Crippen molar-refractivity contribution in [3.8, 4) is 0 Å². The third kappa shape index (κ3) is 6.93. The normalized spacial score (nSPS) is 28.3. The van der Waals surface area contributed by atoms with Crippen LogP contribution in [0.4, 0.5) is 0 Å².